The molecule has 0 aliphatic rings. The SMILES string of the molecule is CCCN(CC)CCNCC(=O)NC(C)(C)C. The Morgan fingerprint density at radius 1 is 1.18 bits per heavy atom. The van der Waals surface area contributed by atoms with E-state index in [-0.39, 0.29) is 11.4 Å². The van der Waals surface area contributed by atoms with Crippen molar-refractivity contribution < 1.29 is 4.79 Å². The molecule has 1 amide bonds. The first kappa shape index (κ1) is 16.4. The molecule has 0 rings (SSSR count). The topological polar surface area (TPSA) is 44.4 Å². The minimum Gasteiger partial charge on any atom is -0.350 e. The maximum absolute atomic E-state index is 11.5. The summed E-state index contributed by atoms with van der Waals surface area (Å²) in [7, 11) is 0. The van der Waals surface area contributed by atoms with Crippen molar-refractivity contribution in [3.63, 3.8) is 0 Å². The first-order valence-corrected chi connectivity index (χ1v) is 6.63. The Morgan fingerprint density at radius 3 is 2.29 bits per heavy atom. The lowest BCUT2D eigenvalue weighted by atomic mass is 10.1. The van der Waals surface area contributed by atoms with E-state index in [1.807, 2.05) is 20.8 Å². The summed E-state index contributed by atoms with van der Waals surface area (Å²) in [6.07, 6.45) is 1.18. The number of carbonyl (C=O) groups is 1. The van der Waals surface area contributed by atoms with Gasteiger partial charge in [-0.1, -0.05) is 13.8 Å². The normalized spacial score (nSPS) is 11.9. The molecule has 0 saturated heterocycles. The van der Waals surface area contributed by atoms with Gasteiger partial charge in [-0.05, 0) is 40.3 Å². The quantitative estimate of drug-likeness (QED) is 0.630. The van der Waals surface area contributed by atoms with E-state index < -0.39 is 0 Å². The minimum atomic E-state index is -0.142. The van der Waals surface area contributed by atoms with E-state index in [0.717, 1.165) is 26.2 Å². The Bertz CT molecular complexity index is 211. The van der Waals surface area contributed by atoms with Gasteiger partial charge in [0.05, 0.1) is 6.54 Å². The van der Waals surface area contributed by atoms with Crippen LogP contribution in [0.2, 0.25) is 0 Å². The van der Waals surface area contributed by atoms with Gasteiger partial charge < -0.3 is 15.5 Å². The minimum absolute atomic E-state index is 0.0658. The third kappa shape index (κ3) is 10.3. The van der Waals surface area contributed by atoms with Crippen molar-refractivity contribution in [1.82, 2.24) is 15.5 Å². The van der Waals surface area contributed by atoms with Crippen molar-refractivity contribution in [2.45, 2.75) is 46.6 Å². The number of likely N-dealkylation sites (N-methyl/N-ethyl adjacent to an activating group) is 1. The zero-order chi connectivity index (χ0) is 13.3. The highest BCUT2D eigenvalue weighted by Gasteiger charge is 2.12. The fourth-order valence-corrected chi connectivity index (χ4v) is 1.65. The summed E-state index contributed by atoms with van der Waals surface area (Å²) >= 11 is 0. The van der Waals surface area contributed by atoms with Gasteiger partial charge in [-0.25, -0.2) is 0 Å². The Morgan fingerprint density at radius 2 is 1.82 bits per heavy atom. The first-order valence-electron chi connectivity index (χ1n) is 6.63. The zero-order valence-corrected chi connectivity index (χ0v) is 12.1. The van der Waals surface area contributed by atoms with E-state index in [1.54, 1.807) is 0 Å². The second-order valence-electron chi connectivity index (χ2n) is 5.41. The summed E-state index contributed by atoms with van der Waals surface area (Å²) in [4.78, 5) is 13.9. The molecule has 0 aromatic rings. The molecule has 0 spiro atoms. The molecule has 17 heavy (non-hydrogen) atoms. The van der Waals surface area contributed by atoms with Crippen LogP contribution in [0.25, 0.3) is 0 Å². The first-order chi connectivity index (χ1) is 7.89. The molecule has 0 atom stereocenters. The average molecular weight is 243 g/mol. The number of hydrogen-bond donors (Lipinski definition) is 2. The van der Waals surface area contributed by atoms with Gasteiger partial charge in [-0.15, -0.1) is 0 Å². The molecule has 0 radical (unpaired) electrons. The molecule has 0 saturated carbocycles. The number of rotatable bonds is 8. The van der Waals surface area contributed by atoms with Crippen LogP contribution in [0.15, 0.2) is 0 Å². The fourth-order valence-electron chi connectivity index (χ4n) is 1.65. The van der Waals surface area contributed by atoms with E-state index >= 15 is 0 Å². The molecular formula is C13H29N3O. The lowest BCUT2D eigenvalue weighted by molar-refractivity contribution is -0.121. The van der Waals surface area contributed by atoms with Crippen molar-refractivity contribution in [3.8, 4) is 0 Å². The maximum atomic E-state index is 11.5. The molecule has 0 aromatic heterocycles. The van der Waals surface area contributed by atoms with Gasteiger partial charge in [0, 0.05) is 18.6 Å². The second-order valence-corrected chi connectivity index (χ2v) is 5.41. The monoisotopic (exact) mass is 243 g/mol. The largest absolute Gasteiger partial charge is 0.350 e. The molecular weight excluding hydrogens is 214 g/mol. The average Bonchev–Trinajstić information content (AvgIpc) is 2.20. The molecule has 0 aliphatic carbocycles. The number of amides is 1. The molecule has 2 N–H and O–H groups in total. The molecule has 4 nitrogen and oxygen atoms in total. The highest BCUT2D eigenvalue weighted by Crippen LogP contribution is 1.97. The van der Waals surface area contributed by atoms with Crippen LogP contribution in [0.1, 0.15) is 41.0 Å². The molecule has 0 unspecified atom stereocenters. The third-order valence-corrected chi connectivity index (χ3v) is 2.39. The molecule has 102 valence electrons. The van der Waals surface area contributed by atoms with Crippen LogP contribution in [-0.2, 0) is 4.79 Å². The zero-order valence-electron chi connectivity index (χ0n) is 12.1. The molecule has 0 aromatic carbocycles. The number of nitrogens with zero attached hydrogens (tertiary/aromatic N) is 1. The van der Waals surface area contributed by atoms with E-state index in [0.29, 0.717) is 6.54 Å². The van der Waals surface area contributed by atoms with E-state index in [9.17, 15) is 4.79 Å². The Labute approximate surface area is 106 Å². The highest BCUT2D eigenvalue weighted by atomic mass is 16.2. The number of nitrogens with one attached hydrogen (secondary N) is 2. The van der Waals surface area contributed by atoms with Gasteiger partial charge in [-0.3, -0.25) is 4.79 Å². The van der Waals surface area contributed by atoms with Gasteiger partial charge in [0.15, 0.2) is 0 Å². The molecule has 0 fully saturated rings. The summed E-state index contributed by atoms with van der Waals surface area (Å²) in [6, 6.07) is 0. The number of hydrogen-bond acceptors (Lipinski definition) is 3. The van der Waals surface area contributed by atoms with Crippen LogP contribution in [0.5, 0.6) is 0 Å². The van der Waals surface area contributed by atoms with Crippen molar-refractivity contribution >= 4 is 5.91 Å². The van der Waals surface area contributed by atoms with Crippen LogP contribution in [-0.4, -0.2) is 49.1 Å². The Kier molecular flexibility index (Phi) is 8.17. The van der Waals surface area contributed by atoms with Crippen LogP contribution >= 0.6 is 0 Å². The lowest BCUT2D eigenvalue weighted by Gasteiger charge is -2.22. The smallest absolute Gasteiger partial charge is 0.234 e. The van der Waals surface area contributed by atoms with Crippen LogP contribution in [0, 0.1) is 0 Å². The molecule has 4 heteroatoms. The molecule has 0 bridgehead atoms. The van der Waals surface area contributed by atoms with Gasteiger partial charge in [0.1, 0.15) is 0 Å². The second kappa shape index (κ2) is 8.48. The van der Waals surface area contributed by atoms with Crippen LogP contribution in [0.3, 0.4) is 0 Å². The van der Waals surface area contributed by atoms with E-state index in [2.05, 4.69) is 29.4 Å². The van der Waals surface area contributed by atoms with Crippen molar-refractivity contribution in [3.05, 3.63) is 0 Å². The Balaban J connectivity index is 3.60. The number of carbonyl (C=O) groups excluding carboxylic acids is 1. The summed E-state index contributed by atoms with van der Waals surface area (Å²) in [5, 5.41) is 6.11. The summed E-state index contributed by atoms with van der Waals surface area (Å²) in [5.41, 5.74) is -0.142. The Hall–Kier alpha value is -0.610. The summed E-state index contributed by atoms with van der Waals surface area (Å²) in [6.45, 7) is 14.8. The lowest BCUT2D eigenvalue weighted by Crippen LogP contribution is -2.45. The van der Waals surface area contributed by atoms with Crippen molar-refractivity contribution in [1.29, 1.82) is 0 Å². The van der Waals surface area contributed by atoms with Crippen LogP contribution < -0.4 is 10.6 Å². The van der Waals surface area contributed by atoms with Crippen molar-refractivity contribution in [2.75, 3.05) is 32.7 Å². The fraction of sp³-hybridized carbons (Fsp3) is 0.923. The van der Waals surface area contributed by atoms with E-state index in [4.69, 9.17) is 0 Å². The third-order valence-electron chi connectivity index (χ3n) is 2.39. The van der Waals surface area contributed by atoms with Gasteiger partial charge >= 0.3 is 0 Å². The van der Waals surface area contributed by atoms with Crippen molar-refractivity contribution in [2.24, 2.45) is 0 Å². The van der Waals surface area contributed by atoms with Gasteiger partial charge in [0.2, 0.25) is 5.91 Å². The summed E-state index contributed by atoms with van der Waals surface area (Å²) in [5.74, 6) is 0.0658. The standard InChI is InChI=1S/C13H29N3O/c1-6-9-16(7-2)10-8-14-11-12(17)15-13(3,4)5/h14H,6-11H2,1-5H3,(H,15,17). The van der Waals surface area contributed by atoms with Gasteiger partial charge in [-0.2, -0.15) is 0 Å². The van der Waals surface area contributed by atoms with Crippen LogP contribution in [0.4, 0.5) is 0 Å². The van der Waals surface area contributed by atoms with E-state index in [1.165, 1.54) is 6.42 Å². The predicted octanol–water partition coefficient (Wildman–Crippen LogP) is 1.22. The predicted molar refractivity (Wildman–Crippen MR) is 73.2 cm³/mol. The van der Waals surface area contributed by atoms with Gasteiger partial charge in [0.25, 0.3) is 0 Å². The summed E-state index contributed by atoms with van der Waals surface area (Å²) < 4.78 is 0. The molecule has 0 aliphatic heterocycles. The molecule has 0 heterocycles. The highest BCUT2D eigenvalue weighted by molar-refractivity contribution is 5.78. The maximum Gasteiger partial charge on any atom is 0.234 e.